The third kappa shape index (κ3) is 0.987. The van der Waals surface area contributed by atoms with Gasteiger partial charge >= 0.3 is 53.9 Å². The Bertz CT molecular complexity index is 106. The van der Waals surface area contributed by atoms with E-state index in [9.17, 15) is 0 Å². The molecular formula is C5H11O3P. The van der Waals surface area contributed by atoms with Crippen molar-refractivity contribution in [3.8, 4) is 0 Å². The summed E-state index contributed by atoms with van der Waals surface area (Å²) in [6, 6.07) is 0. The molecule has 3 heterocycles. The molecule has 3 nitrogen and oxygen atoms in total. The predicted octanol–water partition coefficient (Wildman–Crippen LogP) is 0.804. The average molecular weight is 150 g/mol. The molecule has 3 aliphatic rings. The maximum atomic E-state index is 5.36. The van der Waals surface area contributed by atoms with E-state index < -0.39 is 7.94 Å². The molecule has 54 valence electrons. The molecule has 0 aliphatic carbocycles. The van der Waals surface area contributed by atoms with Gasteiger partial charge in [0, 0.05) is 0 Å². The third-order valence-electron chi connectivity index (χ3n) is 1.74. The first-order valence-corrected chi connectivity index (χ1v) is 5.43. The van der Waals surface area contributed by atoms with Gasteiger partial charge in [-0.15, -0.1) is 0 Å². The van der Waals surface area contributed by atoms with E-state index >= 15 is 0 Å². The van der Waals surface area contributed by atoms with Gasteiger partial charge in [0.1, 0.15) is 0 Å². The van der Waals surface area contributed by atoms with Crippen molar-refractivity contribution in [1.29, 1.82) is 0 Å². The second-order valence-electron chi connectivity index (χ2n) is 2.66. The number of hydrogen-bond donors (Lipinski definition) is 0. The first kappa shape index (κ1) is 6.05. The van der Waals surface area contributed by atoms with E-state index in [1.807, 2.05) is 6.66 Å². The molecule has 0 aromatic carbocycles. The summed E-state index contributed by atoms with van der Waals surface area (Å²) >= 11 is 0. The zero-order valence-corrected chi connectivity index (χ0v) is 6.42. The molecule has 0 radical (unpaired) electrons. The second-order valence-corrected chi connectivity index (χ2v) is 5.25. The Morgan fingerprint density at radius 3 is 1.78 bits per heavy atom. The van der Waals surface area contributed by atoms with E-state index in [0.29, 0.717) is 5.92 Å². The van der Waals surface area contributed by atoms with Crippen LogP contribution in [0.15, 0.2) is 0 Å². The van der Waals surface area contributed by atoms with Crippen molar-refractivity contribution in [3.63, 3.8) is 0 Å². The van der Waals surface area contributed by atoms with Gasteiger partial charge in [0.15, 0.2) is 0 Å². The molecule has 0 atom stereocenters. The molecule has 0 aromatic heterocycles. The van der Waals surface area contributed by atoms with Crippen molar-refractivity contribution >= 4 is 7.94 Å². The van der Waals surface area contributed by atoms with Gasteiger partial charge in [0.25, 0.3) is 0 Å². The van der Waals surface area contributed by atoms with Crippen LogP contribution in [0.1, 0.15) is 0 Å². The summed E-state index contributed by atoms with van der Waals surface area (Å²) in [4.78, 5) is 0. The molecule has 0 N–H and O–H groups in total. The Balaban J connectivity index is 2.11. The zero-order chi connectivity index (χ0) is 6.32. The Labute approximate surface area is 54.9 Å². The van der Waals surface area contributed by atoms with Crippen LogP contribution in [0, 0.1) is 5.92 Å². The van der Waals surface area contributed by atoms with E-state index in [2.05, 4.69) is 0 Å². The molecular weight excluding hydrogens is 139 g/mol. The minimum atomic E-state index is -2.04. The second kappa shape index (κ2) is 1.89. The van der Waals surface area contributed by atoms with Gasteiger partial charge in [-0.2, -0.15) is 0 Å². The van der Waals surface area contributed by atoms with Crippen molar-refractivity contribution < 1.29 is 13.6 Å². The van der Waals surface area contributed by atoms with Crippen LogP contribution in [0.25, 0.3) is 0 Å². The van der Waals surface area contributed by atoms with Crippen LogP contribution in [0.2, 0.25) is 0 Å². The van der Waals surface area contributed by atoms with Gasteiger partial charge in [0.2, 0.25) is 0 Å². The quantitative estimate of drug-likeness (QED) is 0.478. The fourth-order valence-corrected chi connectivity index (χ4v) is 2.94. The van der Waals surface area contributed by atoms with E-state index in [1.165, 1.54) is 0 Å². The zero-order valence-electron chi connectivity index (χ0n) is 5.42. The van der Waals surface area contributed by atoms with Gasteiger partial charge in [0.05, 0.1) is 0 Å². The summed E-state index contributed by atoms with van der Waals surface area (Å²) in [6.07, 6.45) is 0. The summed E-state index contributed by atoms with van der Waals surface area (Å²) < 4.78 is 16.1. The molecule has 0 aromatic rings. The Kier molecular flexibility index (Phi) is 1.27. The SMILES string of the molecule is C[PH]12OCC(CO1)CO2. The molecule has 0 amide bonds. The Morgan fingerprint density at radius 1 is 1.11 bits per heavy atom. The molecule has 0 unspecified atom stereocenters. The molecule has 2 bridgehead atoms. The van der Waals surface area contributed by atoms with Gasteiger partial charge in [-0.25, -0.2) is 0 Å². The van der Waals surface area contributed by atoms with Crippen LogP contribution < -0.4 is 0 Å². The van der Waals surface area contributed by atoms with Crippen molar-refractivity contribution in [3.05, 3.63) is 0 Å². The minimum absolute atomic E-state index is 0.499. The number of rotatable bonds is 0. The summed E-state index contributed by atoms with van der Waals surface area (Å²) in [5.41, 5.74) is 0. The normalized spacial score (nSPS) is 42.6. The van der Waals surface area contributed by atoms with Crippen LogP contribution in [0.3, 0.4) is 0 Å². The topological polar surface area (TPSA) is 27.7 Å². The predicted molar refractivity (Wildman–Crippen MR) is 35.6 cm³/mol. The summed E-state index contributed by atoms with van der Waals surface area (Å²) in [6.45, 7) is 4.50. The van der Waals surface area contributed by atoms with Gasteiger partial charge in [-0.05, 0) is 0 Å². The van der Waals surface area contributed by atoms with Crippen molar-refractivity contribution in [2.75, 3.05) is 26.5 Å². The van der Waals surface area contributed by atoms with E-state index in [4.69, 9.17) is 13.6 Å². The van der Waals surface area contributed by atoms with E-state index in [0.717, 1.165) is 19.8 Å². The van der Waals surface area contributed by atoms with Crippen LogP contribution in [0.4, 0.5) is 0 Å². The van der Waals surface area contributed by atoms with Crippen LogP contribution in [-0.2, 0) is 13.6 Å². The third-order valence-corrected chi connectivity index (χ3v) is 3.82. The maximum absolute atomic E-state index is 5.36. The molecule has 9 heavy (non-hydrogen) atoms. The number of hydrogen-bond acceptors (Lipinski definition) is 3. The number of fused-ring (bicyclic) bond motifs is 3. The molecule has 3 saturated heterocycles. The summed E-state index contributed by atoms with van der Waals surface area (Å²) in [7, 11) is -2.04. The van der Waals surface area contributed by atoms with Crippen molar-refractivity contribution in [1.82, 2.24) is 0 Å². The molecule has 0 spiro atoms. The van der Waals surface area contributed by atoms with Gasteiger partial charge in [-0.1, -0.05) is 0 Å². The van der Waals surface area contributed by atoms with Crippen molar-refractivity contribution in [2.45, 2.75) is 0 Å². The average Bonchev–Trinajstić information content (AvgIpc) is 1.90. The summed E-state index contributed by atoms with van der Waals surface area (Å²) in [5, 5.41) is 0. The molecule has 4 heteroatoms. The standard InChI is InChI=1S/C5H11O3P/c1-9-6-2-5(3-7-9)4-8-9/h5,9H,2-4H2,1H3. The molecule has 3 aliphatic heterocycles. The summed E-state index contributed by atoms with van der Waals surface area (Å²) in [5.74, 6) is 0.499. The van der Waals surface area contributed by atoms with E-state index in [1.54, 1.807) is 0 Å². The van der Waals surface area contributed by atoms with Crippen LogP contribution >= 0.6 is 7.94 Å². The van der Waals surface area contributed by atoms with Gasteiger partial charge in [-0.3, -0.25) is 0 Å². The van der Waals surface area contributed by atoms with Crippen molar-refractivity contribution in [2.24, 2.45) is 5.92 Å². The molecule has 3 fully saturated rings. The Hall–Kier alpha value is 0.310. The van der Waals surface area contributed by atoms with Crippen LogP contribution in [0.5, 0.6) is 0 Å². The van der Waals surface area contributed by atoms with E-state index in [-0.39, 0.29) is 0 Å². The molecule has 0 saturated carbocycles. The monoisotopic (exact) mass is 150 g/mol. The van der Waals surface area contributed by atoms with Gasteiger partial charge < -0.3 is 0 Å². The fourth-order valence-electron chi connectivity index (χ4n) is 1.08. The first-order chi connectivity index (χ1) is 4.29. The fraction of sp³-hybridized carbons (Fsp3) is 1.00. The van der Waals surface area contributed by atoms with Crippen LogP contribution in [-0.4, -0.2) is 26.5 Å². The molecule has 3 rings (SSSR count). The first-order valence-electron chi connectivity index (χ1n) is 3.20. The Morgan fingerprint density at radius 2 is 1.56 bits per heavy atom.